The number of ether oxygens (including phenoxy) is 3. The van der Waals surface area contributed by atoms with Crippen molar-refractivity contribution in [3.05, 3.63) is 69.3 Å². The Morgan fingerprint density at radius 1 is 1.15 bits per heavy atom. The summed E-state index contributed by atoms with van der Waals surface area (Å²) < 4.78 is 96.4. The van der Waals surface area contributed by atoms with Crippen LogP contribution in [0.5, 0.6) is 5.75 Å². The number of hydrogen-bond donors (Lipinski definition) is 2. The molecule has 220 valence electrons. The van der Waals surface area contributed by atoms with Crippen LogP contribution in [0, 0.1) is 12.7 Å². The Bertz CT molecular complexity index is 1740. The summed E-state index contributed by atoms with van der Waals surface area (Å²) in [6, 6.07) is 3.90. The number of halogens is 1. The maximum absolute atomic E-state index is 13.8. The van der Waals surface area contributed by atoms with E-state index in [1.54, 1.807) is 0 Å². The standard InChI is InChI=1S/C26H31FN6O8/c1-15-31-32-23(40-15)22(36)30-26(2,3)25-29-19(21(35)28-14-16-6-8-17(27)9-7-16)20(24(37)33(25)4)41-18(34)10-11-39-13-12-38-5/h6-9H,10-14H2,1-5H3,(H,28,35)(H,30,36)/i1D3,4D3,14D2. The normalized spacial score (nSPS) is 15.1. The van der Waals surface area contributed by atoms with Gasteiger partial charge in [-0.3, -0.25) is 23.7 Å². The molecule has 0 saturated heterocycles. The van der Waals surface area contributed by atoms with E-state index in [1.165, 1.54) is 7.11 Å². The Balaban J connectivity index is 2.14. The van der Waals surface area contributed by atoms with Crippen LogP contribution in [0.1, 0.15) is 69.7 Å². The molecule has 0 aliphatic rings. The topological polar surface area (TPSA) is 177 Å². The highest BCUT2D eigenvalue weighted by Gasteiger charge is 2.33. The molecule has 0 fully saturated rings. The Kier molecular flexibility index (Phi) is 7.12. The summed E-state index contributed by atoms with van der Waals surface area (Å²) in [7, 11) is 1.42. The van der Waals surface area contributed by atoms with Gasteiger partial charge in [0.25, 0.3) is 11.5 Å². The molecule has 0 radical (unpaired) electrons. The van der Waals surface area contributed by atoms with Gasteiger partial charge in [0.15, 0.2) is 5.69 Å². The van der Waals surface area contributed by atoms with Crippen molar-refractivity contribution in [1.29, 1.82) is 0 Å². The van der Waals surface area contributed by atoms with E-state index in [1.807, 2.05) is 5.32 Å². The fourth-order valence-corrected chi connectivity index (χ4v) is 3.17. The number of rotatable bonds is 13. The van der Waals surface area contributed by atoms with Gasteiger partial charge in [0, 0.05) is 35.7 Å². The first-order chi connectivity index (χ1) is 22.6. The van der Waals surface area contributed by atoms with Gasteiger partial charge < -0.3 is 29.3 Å². The van der Waals surface area contributed by atoms with Gasteiger partial charge in [0.2, 0.25) is 11.6 Å². The molecule has 1 aromatic carbocycles. The fourth-order valence-electron chi connectivity index (χ4n) is 3.17. The van der Waals surface area contributed by atoms with Crippen LogP contribution in [0.25, 0.3) is 0 Å². The smallest absolute Gasteiger partial charge is 0.313 e. The van der Waals surface area contributed by atoms with Crippen LogP contribution in [-0.4, -0.2) is 64.5 Å². The average Bonchev–Trinajstić information content (AvgIpc) is 3.49. The second-order valence-corrected chi connectivity index (χ2v) is 8.66. The maximum atomic E-state index is 13.8. The number of carbonyl (C=O) groups excluding carboxylic acids is 3. The number of amides is 2. The molecule has 2 amide bonds. The second-order valence-electron chi connectivity index (χ2n) is 8.66. The van der Waals surface area contributed by atoms with E-state index in [0.29, 0.717) is 0 Å². The van der Waals surface area contributed by atoms with Crippen LogP contribution >= 0.6 is 0 Å². The van der Waals surface area contributed by atoms with E-state index < -0.39 is 90.5 Å². The van der Waals surface area contributed by atoms with Gasteiger partial charge >= 0.3 is 17.8 Å². The molecule has 15 heteroatoms. The highest BCUT2D eigenvalue weighted by atomic mass is 19.1. The molecule has 2 N–H and O–H groups in total. The zero-order valence-electron chi connectivity index (χ0n) is 30.1. The van der Waals surface area contributed by atoms with Crippen molar-refractivity contribution in [1.82, 2.24) is 30.4 Å². The largest absolute Gasteiger partial charge is 0.418 e. The summed E-state index contributed by atoms with van der Waals surface area (Å²) >= 11 is 0. The number of aryl methyl sites for hydroxylation is 1. The number of nitrogens with zero attached hydrogens (tertiary/aromatic N) is 4. The van der Waals surface area contributed by atoms with Crippen molar-refractivity contribution in [2.45, 2.75) is 39.2 Å². The van der Waals surface area contributed by atoms with Gasteiger partial charge in [-0.05, 0) is 31.5 Å². The molecule has 0 aliphatic heterocycles. The number of benzene rings is 1. The Labute approximate surface area is 245 Å². The fraction of sp³-hybridized carbons (Fsp3) is 0.423. The lowest BCUT2D eigenvalue weighted by Crippen LogP contribution is -2.46. The molecule has 3 rings (SSSR count). The van der Waals surface area contributed by atoms with Crippen LogP contribution in [-0.2, 0) is 33.3 Å². The lowest BCUT2D eigenvalue weighted by molar-refractivity contribution is -0.135. The molecule has 2 aromatic heterocycles. The van der Waals surface area contributed by atoms with Crippen LogP contribution in [0.2, 0.25) is 0 Å². The van der Waals surface area contributed by atoms with Crippen molar-refractivity contribution in [2.75, 3.05) is 26.9 Å². The Morgan fingerprint density at radius 3 is 2.56 bits per heavy atom. The Hall–Kier alpha value is -4.50. The van der Waals surface area contributed by atoms with Gasteiger partial charge in [0.05, 0.1) is 34.5 Å². The summed E-state index contributed by atoms with van der Waals surface area (Å²) in [6.07, 6.45) is -0.486. The average molecular weight is 583 g/mol. The van der Waals surface area contributed by atoms with Crippen molar-refractivity contribution < 1.29 is 48.4 Å². The van der Waals surface area contributed by atoms with E-state index in [0.717, 1.165) is 38.1 Å². The highest BCUT2D eigenvalue weighted by Crippen LogP contribution is 2.22. The van der Waals surface area contributed by atoms with Crippen LogP contribution in [0.3, 0.4) is 0 Å². The second kappa shape index (κ2) is 13.7. The number of methoxy groups -OCH3 is 1. The van der Waals surface area contributed by atoms with Gasteiger partial charge in [-0.1, -0.05) is 12.1 Å². The molecular formula is C26H31FN6O8. The minimum absolute atomic E-state index is 0.0675. The van der Waals surface area contributed by atoms with Crippen LogP contribution in [0.15, 0.2) is 33.5 Å². The molecule has 14 nitrogen and oxygen atoms in total. The van der Waals surface area contributed by atoms with Gasteiger partial charge in [0.1, 0.15) is 11.6 Å². The van der Waals surface area contributed by atoms with Crippen molar-refractivity contribution in [3.8, 4) is 5.75 Å². The third-order valence-corrected chi connectivity index (χ3v) is 5.12. The molecule has 0 bridgehead atoms. The first-order valence-corrected chi connectivity index (χ1v) is 11.8. The lowest BCUT2D eigenvalue weighted by atomic mass is 10.0. The van der Waals surface area contributed by atoms with Gasteiger partial charge in [-0.25, -0.2) is 9.37 Å². The highest BCUT2D eigenvalue weighted by molar-refractivity contribution is 5.95. The molecule has 0 unspecified atom stereocenters. The summed E-state index contributed by atoms with van der Waals surface area (Å²) in [5.41, 5.74) is -4.93. The number of carbonyl (C=O) groups is 3. The number of nitrogens with one attached hydrogen (secondary N) is 2. The monoisotopic (exact) mass is 582 g/mol. The number of esters is 1. The molecule has 0 atom stereocenters. The maximum Gasteiger partial charge on any atom is 0.313 e. The quantitative estimate of drug-likeness (QED) is 0.218. The van der Waals surface area contributed by atoms with E-state index in [2.05, 4.69) is 20.5 Å². The molecule has 41 heavy (non-hydrogen) atoms. The summed E-state index contributed by atoms with van der Waals surface area (Å²) in [4.78, 5) is 57.1. The zero-order chi connectivity index (χ0) is 36.9. The van der Waals surface area contributed by atoms with E-state index >= 15 is 0 Å². The third-order valence-electron chi connectivity index (χ3n) is 5.12. The molecule has 0 spiro atoms. The van der Waals surface area contributed by atoms with E-state index in [9.17, 15) is 23.6 Å². The SMILES string of the molecule is [2H]C([2H])([2H])c1nnc(C(=O)NC(C)(C)c2nc(C(=O)NC([2H])([2H])c3ccc(F)cc3)c(OC(=O)CCOCCOC)c(=O)n2C([2H])([2H])[2H])o1. The van der Waals surface area contributed by atoms with Gasteiger partial charge in [-0.2, -0.15) is 0 Å². The third kappa shape index (κ3) is 8.25. The first-order valence-electron chi connectivity index (χ1n) is 15.8. The molecule has 0 saturated carbocycles. The van der Waals surface area contributed by atoms with E-state index in [-0.39, 0.29) is 30.0 Å². The summed E-state index contributed by atoms with van der Waals surface area (Å²) in [6.45, 7) is -6.63. The minimum Gasteiger partial charge on any atom is -0.418 e. The van der Waals surface area contributed by atoms with Crippen molar-refractivity contribution in [3.63, 3.8) is 0 Å². The molecular weight excluding hydrogens is 543 g/mol. The van der Waals surface area contributed by atoms with Gasteiger partial charge in [-0.15, -0.1) is 10.2 Å². The van der Waals surface area contributed by atoms with Crippen molar-refractivity contribution in [2.24, 2.45) is 6.98 Å². The number of hydrogen-bond acceptors (Lipinski definition) is 11. The first kappa shape index (κ1) is 21.3. The minimum atomic E-state index is -3.39. The predicted molar refractivity (Wildman–Crippen MR) is 140 cm³/mol. The van der Waals surface area contributed by atoms with Crippen molar-refractivity contribution >= 4 is 17.8 Å². The van der Waals surface area contributed by atoms with Crippen LogP contribution < -0.4 is 20.9 Å². The molecule has 3 aromatic rings. The summed E-state index contributed by atoms with van der Waals surface area (Å²) in [5, 5.41) is 10.9. The summed E-state index contributed by atoms with van der Waals surface area (Å²) in [5.74, 6) is -8.33. The predicted octanol–water partition coefficient (Wildman–Crippen LogP) is 1.16. The molecule has 0 aliphatic carbocycles. The lowest BCUT2D eigenvalue weighted by Gasteiger charge is -2.27. The number of aromatic nitrogens is 4. The Morgan fingerprint density at radius 2 is 1.90 bits per heavy atom. The zero-order valence-corrected chi connectivity index (χ0v) is 22.1. The van der Waals surface area contributed by atoms with Crippen LogP contribution in [0.4, 0.5) is 4.39 Å². The molecule has 2 heterocycles. The van der Waals surface area contributed by atoms with E-state index in [4.69, 9.17) is 29.6 Å².